The van der Waals surface area contributed by atoms with Crippen molar-refractivity contribution in [2.75, 3.05) is 44.7 Å². The third-order valence-corrected chi connectivity index (χ3v) is 12.9. The Labute approximate surface area is 349 Å². The van der Waals surface area contributed by atoms with Gasteiger partial charge in [-0.05, 0) is 121 Å². The lowest BCUT2D eigenvalue weighted by molar-refractivity contribution is -0.384. The number of nitrogens with zero attached hydrogens (tertiary/aromatic N) is 2. The van der Waals surface area contributed by atoms with Gasteiger partial charge in [0.2, 0.25) is 0 Å². The largest absolute Gasteiger partial charge is 0.453 e. The fourth-order valence-electron chi connectivity index (χ4n) is 7.91. The second-order valence-corrected chi connectivity index (χ2v) is 18.3. The summed E-state index contributed by atoms with van der Waals surface area (Å²) in [5, 5.41) is 15.8. The van der Waals surface area contributed by atoms with Crippen molar-refractivity contribution < 1.29 is 32.0 Å². The van der Waals surface area contributed by atoms with Crippen LogP contribution in [0.15, 0.2) is 101 Å². The van der Waals surface area contributed by atoms with Crippen LogP contribution in [0.4, 0.5) is 15.8 Å². The molecule has 1 fully saturated rings. The minimum atomic E-state index is -4.60. The summed E-state index contributed by atoms with van der Waals surface area (Å²) in [5.74, 6) is -1.65. The van der Waals surface area contributed by atoms with Crippen molar-refractivity contribution in [2.45, 2.75) is 57.3 Å². The summed E-state index contributed by atoms with van der Waals surface area (Å²) in [5.41, 5.74) is 5.54. The number of rotatable bonds is 13. The quantitative estimate of drug-likeness (QED) is 0.0995. The summed E-state index contributed by atoms with van der Waals surface area (Å²) in [6.07, 6.45) is 7.58. The zero-order valence-electron chi connectivity index (χ0n) is 33.1. The van der Waals surface area contributed by atoms with Crippen molar-refractivity contribution >= 4 is 50.1 Å². The molecule has 59 heavy (non-hydrogen) atoms. The molecule has 0 radical (unpaired) electrons. The Bertz CT molecular complexity index is 2400. The molecular formula is C45H48ClFN4O7S. The van der Waals surface area contributed by atoms with E-state index in [9.17, 15) is 27.7 Å². The van der Waals surface area contributed by atoms with Crippen LogP contribution in [-0.4, -0.2) is 63.5 Å². The molecule has 310 valence electrons. The number of carbonyl (C=O) groups excluding carboxylic acids is 1. The highest BCUT2D eigenvalue weighted by Gasteiger charge is 2.30. The fraction of sp³-hybridized carbons (Fsp3) is 0.356. The Hall–Kier alpha value is -5.08. The van der Waals surface area contributed by atoms with E-state index in [1.165, 1.54) is 53.1 Å². The lowest BCUT2D eigenvalue weighted by Crippen LogP contribution is -2.32. The van der Waals surface area contributed by atoms with Gasteiger partial charge in [0.15, 0.2) is 11.6 Å². The maximum atomic E-state index is 14.9. The molecule has 1 aliphatic carbocycles. The molecule has 11 nitrogen and oxygen atoms in total. The summed E-state index contributed by atoms with van der Waals surface area (Å²) in [4.78, 5) is 27.0. The van der Waals surface area contributed by atoms with Gasteiger partial charge < -0.3 is 14.8 Å². The molecule has 4 aromatic carbocycles. The molecule has 14 heteroatoms. The van der Waals surface area contributed by atoms with Crippen LogP contribution < -0.4 is 14.8 Å². The van der Waals surface area contributed by atoms with Gasteiger partial charge in [-0.1, -0.05) is 67.4 Å². The van der Waals surface area contributed by atoms with Crippen LogP contribution in [0.1, 0.15) is 73.9 Å². The average Bonchev–Trinajstić information content (AvgIpc) is 3.22. The van der Waals surface area contributed by atoms with E-state index in [1.54, 1.807) is 18.2 Å². The second-order valence-electron chi connectivity index (χ2n) is 16.2. The van der Waals surface area contributed by atoms with E-state index in [2.05, 4.69) is 42.3 Å². The van der Waals surface area contributed by atoms with Gasteiger partial charge in [-0.2, -0.15) is 0 Å². The lowest BCUT2D eigenvalue weighted by atomic mass is 9.72. The third kappa shape index (κ3) is 10.4. The molecule has 3 aliphatic rings. The van der Waals surface area contributed by atoms with Crippen molar-refractivity contribution in [3.05, 3.63) is 134 Å². The van der Waals surface area contributed by atoms with Gasteiger partial charge in [-0.3, -0.25) is 19.8 Å². The Kier molecular flexibility index (Phi) is 12.9. The molecule has 2 N–H and O–H groups in total. The van der Waals surface area contributed by atoms with Crippen LogP contribution >= 0.6 is 11.6 Å². The number of anilines is 1. The molecular weight excluding hydrogens is 795 g/mol. The molecule has 0 unspecified atom stereocenters. The Balaban J connectivity index is 1.10. The predicted octanol–water partition coefficient (Wildman–Crippen LogP) is 9.89. The van der Waals surface area contributed by atoms with Crippen LogP contribution in [0.5, 0.6) is 11.5 Å². The summed E-state index contributed by atoms with van der Waals surface area (Å²) in [6.45, 7) is 8.63. The lowest BCUT2D eigenvalue weighted by Gasteiger charge is -2.36. The number of benzene rings is 4. The van der Waals surface area contributed by atoms with Gasteiger partial charge in [0, 0.05) is 50.5 Å². The second kappa shape index (κ2) is 18.0. The predicted molar refractivity (Wildman–Crippen MR) is 228 cm³/mol. The number of halogens is 2. The smallest absolute Gasteiger partial charge is 0.293 e. The molecule has 4 aromatic rings. The number of hydrogen-bond acceptors (Lipinski definition) is 9. The van der Waals surface area contributed by atoms with Crippen LogP contribution in [0.3, 0.4) is 0 Å². The fourth-order valence-corrected chi connectivity index (χ4v) is 9.02. The van der Waals surface area contributed by atoms with Crippen molar-refractivity contribution in [2.24, 2.45) is 11.3 Å². The van der Waals surface area contributed by atoms with E-state index in [-0.39, 0.29) is 34.1 Å². The van der Waals surface area contributed by atoms with E-state index >= 15 is 0 Å². The highest BCUT2D eigenvalue weighted by molar-refractivity contribution is 7.90. The number of carbonyl (C=O) groups is 1. The van der Waals surface area contributed by atoms with Gasteiger partial charge in [-0.15, -0.1) is 0 Å². The zero-order chi connectivity index (χ0) is 41.7. The van der Waals surface area contributed by atoms with E-state index in [0.29, 0.717) is 37.7 Å². The first-order chi connectivity index (χ1) is 28.2. The highest BCUT2D eigenvalue weighted by Crippen LogP contribution is 2.44. The maximum absolute atomic E-state index is 14.9. The average molecular weight is 843 g/mol. The summed E-state index contributed by atoms with van der Waals surface area (Å²) >= 11 is 6.21. The van der Waals surface area contributed by atoms with Gasteiger partial charge in [0.25, 0.3) is 21.6 Å². The molecule has 0 saturated carbocycles. The van der Waals surface area contributed by atoms with Crippen LogP contribution in [0.2, 0.25) is 5.02 Å². The van der Waals surface area contributed by atoms with Crippen molar-refractivity contribution in [1.29, 1.82) is 0 Å². The van der Waals surface area contributed by atoms with Crippen molar-refractivity contribution in [3.8, 4) is 11.5 Å². The standard InChI is InChI=1S/C45H48ClFN4O7S/c1-45(2)20-15-34(38(27-45)32-7-10-35(46)11-8-32)29-50-21-16-31(17-22-50)33-9-13-37(43(25-33)58-42-6-4-3-5-39(42)47)44(52)49-59(55,56)36-12-14-40(41(26-36)51(53)54)48-28-30-18-23-57-24-19-30/h3-14,16,25-26,30,48H,15,17-24,27-29H2,1-2H3,(H,49,52). The number of amides is 1. The number of para-hydroxylation sites is 1. The van der Waals surface area contributed by atoms with Gasteiger partial charge in [0.1, 0.15) is 11.4 Å². The molecule has 1 saturated heterocycles. The summed E-state index contributed by atoms with van der Waals surface area (Å²) in [7, 11) is -4.60. The topological polar surface area (TPSA) is 140 Å². The first-order valence-corrected chi connectivity index (χ1v) is 21.7. The molecule has 0 spiro atoms. The highest BCUT2D eigenvalue weighted by atomic mass is 35.5. The zero-order valence-corrected chi connectivity index (χ0v) is 34.7. The number of allylic oxidation sites excluding steroid dienone is 1. The van der Waals surface area contributed by atoms with E-state index in [0.717, 1.165) is 62.4 Å². The molecule has 1 amide bonds. The molecule has 0 bridgehead atoms. The normalized spacial score (nSPS) is 17.6. The van der Waals surface area contributed by atoms with Gasteiger partial charge in [0.05, 0.1) is 15.4 Å². The van der Waals surface area contributed by atoms with Crippen LogP contribution in [-0.2, 0) is 14.8 Å². The number of ether oxygens (including phenoxy) is 2. The van der Waals surface area contributed by atoms with E-state index < -0.39 is 37.3 Å². The molecule has 2 heterocycles. The van der Waals surface area contributed by atoms with Crippen LogP contribution in [0.25, 0.3) is 11.1 Å². The Morgan fingerprint density at radius 1 is 1.00 bits per heavy atom. The Morgan fingerprint density at radius 2 is 1.75 bits per heavy atom. The maximum Gasteiger partial charge on any atom is 0.293 e. The first kappa shape index (κ1) is 42.1. The van der Waals surface area contributed by atoms with Crippen molar-refractivity contribution in [1.82, 2.24) is 9.62 Å². The molecule has 0 aromatic heterocycles. The molecule has 7 rings (SSSR count). The molecule has 0 atom stereocenters. The summed E-state index contributed by atoms with van der Waals surface area (Å²) in [6, 6.07) is 22.0. The van der Waals surface area contributed by atoms with Crippen molar-refractivity contribution in [3.63, 3.8) is 0 Å². The monoisotopic (exact) mass is 842 g/mol. The minimum Gasteiger partial charge on any atom is -0.453 e. The van der Waals surface area contributed by atoms with Crippen LogP contribution in [0, 0.1) is 27.3 Å². The molecule has 2 aliphatic heterocycles. The first-order valence-electron chi connectivity index (χ1n) is 19.9. The van der Waals surface area contributed by atoms with Gasteiger partial charge in [-0.25, -0.2) is 17.5 Å². The minimum absolute atomic E-state index is 0.0511. The number of nitro groups is 1. The number of nitro benzene ring substituents is 1. The van der Waals surface area contributed by atoms with Gasteiger partial charge >= 0.3 is 0 Å². The van der Waals surface area contributed by atoms with E-state index in [4.69, 9.17) is 21.1 Å². The van der Waals surface area contributed by atoms with E-state index in [1.807, 2.05) is 16.9 Å². The SMILES string of the molecule is CC1(C)CCC(CN2CC=C(c3ccc(C(=O)NS(=O)(=O)c4ccc(NCC5CCOCC5)c([N+](=O)[O-])c4)c(Oc4ccccc4F)c3)CC2)=C(c2ccc(Cl)cc2)C1. The number of sulfonamides is 1. The summed E-state index contributed by atoms with van der Waals surface area (Å²) < 4.78 is 55.4. The number of nitrogens with one attached hydrogen (secondary N) is 2. The third-order valence-electron chi connectivity index (χ3n) is 11.4. The number of hydrogen-bond donors (Lipinski definition) is 2. The Morgan fingerprint density at radius 3 is 2.46 bits per heavy atom.